The maximum atomic E-state index is 4.22. The Morgan fingerprint density at radius 2 is 2.00 bits per heavy atom. The van der Waals surface area contributed by atoms with Gasteiger partial charge in [0.05, 0.1) is 0 Å². The Morgan fingerprint density at radius 3 is 2.50 bits per heavy atom. The fourth-order valence-electron chi connectivity index (χ4n) is 0.356. The first kappa shape index (κ1) is 9.92. The van der Waals surface area contributed by atoms with Crippen molar-refractivity contribution in [3.05, 3.63) is 33.9 Å². The van der Waals surface area contributed by atoms with Crippen molar-refractivity contribution < 1.29 is 0 Å². The third-order valence-corrected chi connectivity index (χ3v) is 2.01. The highest BCUT2D eigenvalue weighted by Gasteiger charge is 1.81. The summed E-state index contributed by atoms with van der Waals surface area (Å²) in [6, 6.07) is 0. The summed E-state index contributed by atoms with van der Waals surface area (Å²) < 4.78 is 1.01. The third-order valence-electron chi connectivity index (χ3n) is 0.756. The summed E-state index contributed by atoms with van der Waals surface area (Å²) >= 11 is 5.83. The summed E-state index contributed by atoms with van der Waals surface area (Å²) in [6.45, 7) is 3.97. The van der Waals surface area contributed by atoms with Crippen LogP contribution in [0.5, 0.6) is 0 Å². The fourth-order valence-corrected chi connectivity index (χ4v) is 1.06. The topological polar surface area (TPSA) is 0 Å². The molecular formula is C8H12S2. The van der Waals surface area contributed by atoms with Crippen LogP contribution in [0.2, 0.25) is 0 Å². The molecule has 0 fully saturated rings. The van der Waals surface area contributed by atoms with E-state index in [0.29, 0.717) is 0 Å². The lowest BCUT2D eigenvalue weighted by atomic mass is 10.5. The van der Waals surface area contributed by atoms with E-state index >= 15 is 0 Å². The summed E-state index contributed by atoms with van der Waals surface area (Å²) in [7, 11) is 0. The zero-order valence-corrected chi connectivity index (χ0v) is 7.95. The van der Waals surface area contributed by atoms with E-state index in [4.69, 9.17) is 0 Å². The van der Waals surface area contributed by atoms with Crippen LogP contribution in [0.1, 0.15) is 13.8 Å². The molecule has 0 aliphatic heterocycles. The van der Waals surface area contributed by atoms with Crippen molar-refractivity contribution in [2.45, 2.75) is 13.8 Å². The largest absolute Gasteiger partial charge is 0.136 e. The van der Waals surface area contributed by atoms with Gasteiger partial charge in [0.15, 0.2) is 0 Å². The maximum Gasteiger partial charge on any atom is 0.0413 e. The highest BCUT2D eigenvalue weighted by Crippen LogP contribution is 2.19. The minimum atomic E-state index is 1.01. The van der Waals surface area contributed by atoms with Gasteiger partial charge in [-0.25, -0.2) is 0 Å². The molecule has 0 radical (unpaired) electrons. The van der Waals surface area contributed by atoms with E-state index < -0.39 is 0 Å². The Balaban J connectivity index is 3.70. The normalized spacial score (nSPS) is 13.7. The summed E-state index contributed by atoms with van der Waals surface area (Å²) in [5, 5.41) is 2.00. The van der Waals surface area contributed by atoms with Gasteiger partial charge in [0.2, 0.25) is 0 Å². The second kappa shape index (κ2) is 7.03. The Bertz CT molecular complexity index is 155. The predicted octanol–water partition coefficient (Wildman–Crippen LogP) is 3.60. The first-order valence-electron chi connectivity index (χ1n) is 3.11. The van der Waals surface area contributed by atoms with E-state index in [0.717, 1.165) is 4.24 Å². The summed E-state index contributed by atoms with van der Waals surface area (Å²) in [6.07, 6.45) is 7.91. The zero-order valence-electron chi connectivity index (χ0n) is 6.24. The summed E-state index contributed by atoms with van der Waals surface area (Å²) in [5.74, 6) is 0. The molecule has 0 saturated carbocycles. The lowest BCUT2D eigenvalue weighted by Gasteiger charge is -1.88. The number of allylic oxidation sites excluding steroid dienone is 4. The standard InChI is InChI=1S/C8H12S2/c1-3-5-6-8(9)10-7-4-2/h3-7,9H,1-2H3/b5-3+,7-4-,8-6-. The molecule has 0 aliphatic rings. The third kappa shape index (κ3) is 6.05. The lowest BCUT2D eigenvalue weighted by molar-refractivity contribution is 1.74. The first-order chi connectivity index (χ1) is 4.81. The summed E-state index contributed by atoms with van der Waals surface area (Å²) in [4.78, 5) is 0. The minimum absolute atomic E-state index is 1.01. The van der Waals surface area contributed by atoms with Crippen LogP contribution in [0.25, 0.3) is 0 Å². The molecule has 2 heteroatoms. The molecular weight excluding hydrogens is 160 g/mol. The van der Waals surface area contributed by atoms with Crippen molar-refractivity contribution in [1.82, 2.24) is 0 Å². The monoisotopic (exact) mass is 172 g/mol. The number of hydrogen-bond donors (Lipinski definition) is 1. The number of hydrogen-bond acceptors (Lipinski definition) is 2. The summed E-state index contributed by atoms with van der Waals surface area (Å²) in [5.41, 5.74) is 0. The van der Waals surface area contributed by atoms with Gasteiger partial charge in [0.1, 0.15) is 0 Å². The van der Waals surface area contributed by atoms with Crippen LogP contribution < -0.4 is 0 Å². The zero-order chi connectivity index (χ0) is 7.82. The Labute approximate surface area is 72.5 Å². The quantitative estimate of drug-likeness (QED) is 0.501. The SMILES string of the molecule is C/C=C\S/C(S)=C\C=C\C. The second-order valence-corrected chi connectivity index (χ2v) is 3.35. The fraction of sp³-hybridized carbons (Fsp3) is 0.250. The Morgan fingerprint density at radius 1 is 1.30 bits per heavy atom. The maximum absolute atomic E-state index is 4.22. The average Bonchev–Trinajstić information content (AvgIpc) is 1.97. The highest BCUT2D eigenvalue weighted by molar-refractivity contribution is 8.17. The molecule has 0 aliphatic carbocycles. The molecule has 56 valence electrons. The van der Waals surface area contributed by atoms with E-state index in [2.05, 4.69) is 12.6 Å². The van der Waals surface area contributed by atoms with Crippen LogP contribution in [0.15, 0.2) is 33.9 Å². The van der Waals surface area contributed by atoms with Gasteiger partial charge < -0.3 is 0 Å². The van der Waals surface area contributed by atoms with Gasteiger partial charge >= 0.3 is 0 Å². The number of thioether (sulfide) groups is 1. The van der Waals surface area contributed by atoms with Crippen molar-refractivity contribution in [3.63, 3.8) is 0 Å². The molecule has 0 spiro atoms. The van der Waals surface area contributed by atoms with Gasteiger partial charge in [-0.15, -0.1) is 12.6 Å². The van der Waals surface area contributed by atoms with Crippen molar-refractivity contribution in [2.24, 2.45) is 0 Å². The molecule has 0 bridgehead atoms. The van der Waals surface area contributed by atoms with Gasteiger partial charge in [-0.3, -0.25) is 0 Å². The number of thiol groups is 1. The molecule has 0 aromatic heterocycles. The van der Waals surface area contributed by atoms with Crippen molar-refractivity contribution in [1.29, 1.82) is 0 Å². The molecule has 0 unspecified atom stereocenters. The van der Waals surface area contributed by atoms with Crippen LogP contribution in [0.4, 0.5) is 0 Å². The molecule has 0 heterocycles. The van der Waals surface area contributed by atoms with Crippen molar-refractivity contribution in [3.8, 4) is 0 Å². The molecule has 10 heavy (non-hydrogen) atoms. The van der Waals surface area contributed by atoms with E-state index in [9.17, 15) is 0 Å². The Hall–Kier alpha value is -0.0800. The minimum Gasteiger partial charge on any atom is -0.136 e. The van der Waals surface area contributed by atoms with E-state index in [1.54, 1.807) is 11.8 Å². The van der Waals surface area contributed by atoms with Crippen LogP contribution in [-0.4, -0.2) is 0 Å². The molecule has 0 atom stereocenters. The average molecular weight is 172 g/mol. The van der Waals surface area contributed by atoms with E-state index in [1.807, 2.05) is 43.6 Å². The molecule has 0 rings (SSSR count). The molecule has 0 amide bonds. The van der Waals surface area contributed by atoms with Crippen LogP contribution >= 0.6 is 24.4 Å². The highest BCUT2D eigenvalue weighted by atomic mass is 32.2. The lowest BCUT2D eigenvalue weighted by Crippen LogP contribution is -1.55. The van der Waals surface area contributed by atoms with Gasteiger partial charge in [0.25, 0.3) is 0 Å². The van der Waals surface area contributed by atoms with Crippen LogP contribution in [-0.2, 0) is 0 Å². The van der Waals surface area contributed by atoms with Crippen molar-refractivity contribution >= 4 is 24.4 Å². The number of rotatable bonds is 3. The molecule has 0 nitrogen and oxygen atoms in total. The Kier molecular flexibility index (Phi) is 6.98. The van der Waals surface area contributed by atoms with Gasteiger partial charge in [-0.05, 0) is 25.3 Å². The smallest absolute Gasteiger partial charge is 0.0413 e. The molecule has 0 N–H and O–H groups in total. The molecule has 0 aromatic rings. The first-order valence-corrected chi connectivity index (χ1v) is 4.43. The molecule has 0 saturated heterocycles. The molecule has 0 aromatic carbocycles. The van der Waals surface area contributed by atoms with Gasteiger partial charge in [-0.1, -0.05) is 30.0 Å². The van der Waals surface area contributed by atoms with Crippen molar-refractivity contribution in [2.75, 3.05) is 0 Å². The van der Waals surface area contributed by atoms with Crippen LogP contribution in [0, 0.1) is 0 Å². The van der Waals surface area contributed by atoms with E-state index in [1.165, 1.54) is 0 Å². The van der Waals surface area contributed by atoms with Crippen LogP contribution in [0.3, 0.4) is 0 Å². The van der Waals surface area contributed by atoms with E-state index in [-0.39, 0.29) is 0 Å². The van der Waals surface area contributed by atoms with Gasteiger partial charge in [0, 0.05) is 4.24 Å². The van der Waals surface area contributed by atoms with Gasteiger partial charge in [-0.2, -0.15) is 0 Å². The predicted molar refractivity (Wildman–Crippen MR) is 54.3 cm³/mol. The second-order valence-electron chi connectivity index (χ2n) is 1.62.